The van der Waals surface area contributed by atoms with Crippen molar-refractivity contribution in [2.45, 2.75) is 90.4 Å². The third-order valence-electron chi connectivity index (χ3n) is 4.01. The molecule has 0 aromatic heterocycles. The van der Waals surface area contributed by atoms with Crippen LogP contribution in [0.25, 0.3) is 0 Å². The van der Waals surface area contributed by atoms with Crippen LogP contribution in [0.2, 0.25) is 0 Å². The topological polar surface area (TPSA) is 54.0 Å². The highest BCUT2D eigenvalue weighted by atomic mass is 31.2. The Morgan fingerprint density at radius 1 is 0.783 bits per heavy atom. The first-order valence-electron chi connectivity index (χ1n) is 9.47. The van der Waals surface area contributed by atoms with Crippen molar-refractivity contribution in [1.29, 1.82) is 0 Å². The Labute approximate surface area is 142 Å². The largest absolute Gasteiger partial charge is 0.502 e. The van der Waals surface area contributed by atoms with Crippen LogP contribution in [0.5, 0.6) is 0 Å². The summed E-state index contributed by atoms with van der Waals surface area (Å²) < 4.78 is 27.3. The third-order valence-corrected chi connectivity index (χ3v) is 5.30. The molecule has 0 spiro atoms. The Hall–Kier alpha value is 0.0700. The zero-order valence-corrected chi connectivity index (χ0v) is 15.7. The maximum atomic E-state index is 12.1. The van der Waals surface area contributed by atoms with Crippen LogP contribution in [0.1, 0.15) is 90.4 Å². The molecule has 1 aliphatic heterocycles. The van der Waals surface area contributed by atoms with Crippen molar-refractivity contribution in [3.05, 3.63) is 0 Å². The van der Waals surface area contributed by atoms with Crippen LogP contribution in [0.3, 0.4) is 0 Å². The van der Waals surface area contributed by atoms with Crippen molar-refractivity contribution in [3.8, 4) is 0 Å². The van der Waals surface area contributed by atoms with Gasteiger partial charge in [0.1, 0.15) is 0 Å². The maximum Gasteiger partial charge on any atom is 0.502 e. The molecular formula is C17H35O5P. The van der Waals surface area contributed by atoms with Crippen molar-refractivity contribution in [3.63, 3.8) is 0 Å². The molecule has 0 bridgehead atoms. The molecule has 0 saturated carbocycles. The number of rotatable bonds is 13. The molecule has 0 aromatic rings. The molecule has 0 radical (unpaired) electrons. The Balaban J connectivity index is 1.88. The highest BCUT2D eigenvalue weighted by Crippen LogP contribution is 2.50. The highest BCUT2D eigenvalue weighted by molar-refractivity contribution is 7.48. The molecule has 1 rings (SSSR count). The fourth-order valence-electron chi connectivity index (χ4n) is 2.56. The molecule has 1 aliphatic rings. The second kappa shape index (κ2) is 14.4. The summed E-state index contributed by atoms with van der Waals surface area (Å²) in [4.78, 5) is 5.03. The van der Waals surface area contributed by atoms with E-state index in [1.165, 1.54) is 51.4 Å². The summed E-state index contributed by atoms with van der Waals surface area (Å²) in [6.07, 6.45) is 15.5. The molecule has 0 atom stereocenters. The minimum Gasteiger partial charge on any atom is -0.285 e. The summed E-state index contributed by atoms with van der Waals surface area (Å²) in [5, 5.41) is 0. The molecular weight excluding hydrogens is 315 g/mol. The smallest absolute Gasteiger partial charge is 0.285 e. The van der Waals surface area contributed by atoms with Gasteiger partial charge in [-0.05, 0) is 25.7 Å². The Kier molecular flexibility index (Phi) is 13.2. The van der Waals surface area contributed by atoms with Gasteiger partial charge in [0.15, 0.2) is 0 Å². The van der Waals surface area contributed by atoms with Gasteiger partial charge in [-0.25, -0.2) is 9.45 Å². The first-order chi connectivity index (χ1) is 11.3. The quantitative estimate of drug-likeness (QED) is 0.172. The highest BCUT2D eigenvalue weighted by Gasteiger charge is 2.29. The van der Waals surface area contributed by atoms with Crippen LogP contribution < -0.4 is 0 Å². The summed E-state index contributed by atoms with van der Waals surface area (Å²) in [5.41, 5.74) is 0. The van der Waals surface area contributed by atoms with Crippen LogP contribution in [0.4, 0.5) is 0 Å². The molecule has 0 N–H and O–H groups in total. The maximum absolute atomic E-state index is 12.1. The molecule has 0 aromatic carbocycles. The van der Waals surface area contributed by atoms with Gasteiger partial charge in [-0.1, -0.05) is 64.7 Å². The van der Waals surface area contributed by atoms with E-state index < -0.39 is 7.82 Å². The molecule has 6 heteroatoms. The normalized spacial score (nSPS) is 18.5. The van der Waals surface area contributed by atoms with Gasteiger partial charge in [0.25, 0.3) is 0 Å². The predicted octanol–water partition coefficient (Wildman–Crippen LogP) is 6.18. The molecule has 138 valence electrons. The second-order valence-corrected chi connectivity index (χ2v) is 7.81. The monoisotopic (exact) mass is 350 g/mol. The molecule has 1 saturated heterocycles. The van der Waals surface area contributed by atoms with Gasteiger partial charge < -0.3 is 0 Å². The average molecular weight is 350 g/mol. The van der Waals surface area contributed by atoms with E-state index in [1.54, 1.807) is 0 Å². The van der Waals surface area contributed by atoms with Gasteiger partial charge in [0, 0.05) is 0 Å². The van der Waals surface area contributed by atoms with E-state index in [9.17, 15) is 4.57 Å². The molecule has 23 heavy (non-hydrogen) atoms. The Morgan fingerprint density at radius 2 is 1.30 bits per heavy atom. The van der Waals surface area contributed by atoms with Crippen molar-refractivity contribution < 1.29 is 23.2 Å². The summed E-state index contributed by atoms with van der Waals surface area (Å²) >= 11 is 0. The van der Waals surface area contributed by atoms with Crippen LogP contribution in [-0.2, 0) is 23.2 Å². The number of hydrogen-bond donors (Lipinski definition) is 0. The van der Waals surface area contributed by atoms with E-state index >= 15 is 0 Å². The first-order valence-corrected chi connectivity index (χ1v) is 10.9. The average Bonchev–Trinajstić information content (AvgIpc) is 2.53. The molecule has 0 amide bonds. The third kappa shape index (κ3) is 12.1. The van der Waals surface area contributed by atoms with Crippen LogP contribution in [0, 0.1) is 0 Å². The number of phosphoric acid groups is 1. The molecule has 0 aliphatic carbocycles. The SMILES string of the molecule is CCCCCCCCCCCCOOP1(=O)OCCCCCO1. The molecule has 5 nitrogen and oxygen atoms in total. The van der Waals surface area contributed by atoms with Gasteiger partial charge in [0.2, 0.25) is 0 Å². The van der Waals surface area contributed by atoms with E-state index in [2.05, 4.69) is 6.92 Å². The van der Waals surface area contributed by atoms with Gasteiger partial charge in [-0.15, -0.1) is 4.67 Å². The van der Waals surface area contributed by atoms with Crippen molar-refractivity contribution >= 4 is 7.82 Å². The van der Waals surface area contributed by atoms with Crippen LogP contribution in [0.15, 0.2) is 0 Å². The minimum absolute atomic E-state index is 0.402. The minimum atomic E-state index is -3.49. The van der Waals surface area contributed by atoms with E-state index in [4.69, 9.17) is 18.6 Å². The molecule has 1 heterocycles. The van der Waals surface area contributed by atoms with Gasteiger partial charge in [-0.2, -0.15) is 0 Å². The lowest BCUT2D eigenvalue weighted by Gasteiger charge is -2.18. The van der Waals surface area contributed by atoms with Crippen molar-refractivity contribution in [2.75, 3.05) is 19.8 Å². The fraction of sp³-hybridized carbons (Fsp3) is 1.00. The Morgan fingerprint density at radius 3 is 1.87 bits per heavy atom. The standard InChI is InChI=1S/C17H35O5P/c1-2-3-4-5-6-7-8-9-10-12-15-19-22-23(18)20-16-13-11-14-17-21-23/h2-17H2,1H3. The lowest BCUT2D eigenvalue weighted by Crippen LogP contribution is -2.07. The Bertz CT molecular complexity index is 299. The summed E-state index contributed by atoms with van der Waals surface area (Å²) in [6, 6.07) is 0. The van der Waals surface area contributed by atoms with Crippen LogP contribution in [-0.4, -0.2) is 19.8 Å². The first kappa shape index (κ1) is 21.1. The zero-order valence-electron chi connectivity index (χ0n) is 14.8. The van der Waals surface area contributed by atoms with Gasteiger partial charge in [0.05, 0.1) is 19.8 Å². The lowest BCUT2D eigenvalue weighted by atomic mass is 10.1. The predicted molar refractivity (Wildman–Crippen MR) is 92.2 cm³/mol. The molecule has 0 unspecified atom stereocenters. The van der Waals surface area contributed by atoms with Crippen LogP contribution >= 0.6 is 7.82 Å². The summed E-state index contributed by atoms with van der Waals surface area (Å²) in [5.74, 6) is 0. The van der Waals surface area contributed by atoms with Gasteiger partial charge >= 0.3 is 7.82 Å². The number of phosphoric ester groups is 1. The number of hydrogen-bond acceptors (Lipinski definition) is 5. The van der Waals surface area contributed by atoms with E-state index in [-0.39, 0.29) is 0 Å². The van der Waals surface area contributed by atoms with Gasteiger partial charge in [-0.3, -0.25) is 9.05 Å². The molecule has 1 fully saturated rings. The van der Waals surface area contributed by atoms with Crippen molar-refractivity contribution in [2.24, 2.45) is 0 Å². The second-order valence-electron chi connectivity index (χ2n) is 6.25. The summed E-state index contributed by atoms with van der Waals surface area (Å²) in [6.45, 7) is 3.49. The number of unbranched alkanes of at least 4 members (excludes halogenated alkanes) is 9. The van der Waals surface area contributed by atoms with E-state index in [0.29, 0.717) is 19.8 Å². The van der Waals surface area contributed by atoms with E-state index in [0.717, 1.165) is 32.1 Å². The summed E-state index contributed by atoms with van der Waals surface area (Å²) in [7, 11) is -3.49. The van der Waals surface area contributed by atoms with Crippen molar-refractivity contribution in [1.82, 2.24) is 0 Å². The zero-order chi connectivity index (χ0) is 16.6. The lowest BCUT2D eigenvalue weighted by molar-refractivity contribution is -0.228. The fourth-order valence-corrected chi connectivity index (χ4v) is 3.63. The van der Waals surface area contributed by atoms with E-state index in [1.807, 2.05) is 0 Å².